The van der Waals surface area contributed by atoms with Crippen LogP contribution in [0.15, 0.2) is 41.6 Å². The normalized spacial score (nSPS) is 9.54. The topological polar surface area (TPSA) is 61.7 Å². The summed E-state index contributed by atoms with van der Waals surface area (Å²) < 4.78 is 0. The fourth-order valence-electron chi connectivity index (χ4n) is 1.18. The van der Waals surface area contributed by atoms with Crippen LogP contribution in [0.3, 0.4) is 0 Å². The fraction of sp³-hybridized carbons (Fsp3) is 0. The molecule has 1 aromatic carbocycles. The first-order valence-corrected chi connectivity index (χ1v) is 3.80. The van der Waals surface area contributed by atoms with E-state index in [1.54, 1.807) is 12.3 Å². The van der Waals surface area contributed by atoms with Gasteiger partial charge in [0.2, 0.25) is 0 Å². The number of benzene rings is 1. The Morgan fingerprint density at radius 1 is 1.31 bits per heavy atom. The van der Waals surface area contributed by atoms with E-state index in [-0.39, 0.29) is 0 Å². The predicted octanol–water partition coefficient (Wildman–Crippen LogP) is 3.18. The Kier molecular flexibility index (Phi) is 1.82. The van der Waals surface area contributed by atoms with E-state index < -0.39 is 0 Å². The van der Waals surface area contributed by atoms with Crippen molar-refractivity contribution in [1.29, 1.82) is 0 Å². The molecule has 0 bridgehead atoms. The second-order valence-electron chi connectivity index (χ2n) is 2.57. The largest absolute Gasteiger partial charge is 0.256 e. The van der Waals surface area contributed by atoms with Crippen LogP contribution < -0.4 is 0 Å². The summed E-state index contributed by atoms with van der Waals surface area (Å²) in [5, 5.41) is 4.49. The lowest BCUT2D eigenvalue weighted by molar-refractivity contribution is 1.40. The van der Waals surface area contributed by atoms with Crippen molar-refractivity contribution in [2.45, 2.75) is 0 Å². The quantitative estimate of drug-likeness (QED) is 0.368. The number of rotatable bonds is 1. The van der Waals surface area contributed by atoms with Crippen LogP contribution in [0, 0.1) is 0 Å². The lowest BCUT2D eigenvalue weighted by Crippen LogP contribution is -1.75. The standard InChI is InChI=1S/C9H6N4/c10-13-12-8-3-4-9-7(6-8)2-1-5-11-9/h1-6H. The molecule has 0 aliphatic carbocycles. The third-order valence-corrected chi connectivity index (χ3v) is 1.75. The van der Waals surface area contributed by atoms with Gasteiger partial charge in [-0.05, 0) is 23.7 Å². The number of hydrogen-bond donors (Lipinski definition) is 0. The van der Waals surface area contributed by atoms with Crippen molar-refractivity contribution in [3.8, 4) is 0 Å². The van der Waals surface area contributed by atoms with E-state index in [0.717, 1.165) is 10.9 Å². The first kappa shape index (κ1) is 7.58. The molecule has 13 heavy (non-hydrogen) atoms. The van der Waals surface area contributed by atoms with Crippen LogP contribution in [0.1, 0.15) is 0 Å². The van der Waals surface area contributed by atoms with Crippen molar-refractivity contribution in [3.63, 3.8) is 0 Å². The zero-order chi connectivity index (χ0) is 9.10. The van der Waals surface area contributed by atoms with Gasteiger partial charge < -0.3 is 0 Å². The van der Waals surface area contributed by atoms with Gasteiger partial charge in [0, 0.05) is 22.2 Å². The van der Waals surface area contributed by atoms with E-state index in [9.17, 15) is 0 Å². The van der Waals surface area contributed by atoms with Crippen LogP contribution in [-0.2, 0) is 0 Å². The highest BCUT2D eigenvalue weighted by Crippen LogP contribution is 2.19. The van der Waals surface area contributed by atoms with Gasteiger partial charge in [0.1, 0.15) is 0 Å². The molecule has 1 aromatic heterocycles. The van der Waals surface area contributed by atoms with Gasteiger partial charge in [-0.1, -0.05) is 17.2 Å². The van der Waals surface area contributed by atoms with E-state index in [1.807, 2.05) is 24.3 Å². The molecule has 0 amide bonds. The van der Waals surface area contributed by atoms with Gasteiger partial charge in [-0.15, -0.1) is 0 Å². The zero-order valence-corrected chi connectivity index (χ0v) is 6.75. The molecule has 4 heteroatoms. The van der Waals surface area contributed by atoms with E-state index >= 15 is 0 Å². The molecular weight excluding hydrogens is 164 g/mol. The summed E-state index contributed by atoms with van der Waals surface area (Å²) in [5.41, 5.74) is 9.75. The number of aromatic nitrogens is 1. The maximum absolute atomic E-state index is 8.23. The molecule has 0 atom stereocenters. The molecule has 0 fully saturated rings. The molecule has 0 N–H and O–H groups in total. The van der Waals surface area contributed by atoms with Crippen LogP contribution in [0.25, 0.3) is 21.3 Å². The SMILES string of the molecule is [N-]=[N+]=Nc1ccc2ncccc2c1. The first-order valence-electron chi connectivity index (χ1n) is 3.80. The summed E-state index contributed by atoms with van der Waals surface area (Å²) in [6.07, 6.45) is 1.73. The van der Waals surface area contributed by atoms with Crippen molar-refractivity contribution in [2.75, 3.05) is 0 Å². The van der Waals surface area contributed by atoms with Crippen molar-refractivity contribution in [3.05, 3.63) is 47.0 Å². The molecule has 2 rings (SSSR count). The minimum Gasteiger partial charge on any atom is -0.256 e. The summed E-state index contributed by atoms with van der Waals surface area (Å²) in [4.78, 5) is 6.86. The van der Waals surface area contributed by atoms with Gasteiger partial charge in [0.05, 0.1) is 5.52 Å². The zero-order valence-electron chi connectivity index (χ0n) is 6.75. The summed E-state index contributed by atoms with van der Waals surface area (Å²) >= 11 is 0. The van der Waals surface area contributed by atoms with Gasteiger partial charge in [-0.25, -0.2) is 0 Å². The predicted molar refractivity (Wildman–Crippen MR) is 50.5 cm³/mol. The average Bonchev–Trinajstić information content (AvgIpc) is 2.18. The molecule has 0 radical (unpaired) electrons. The smallest absolute Gasteiger partial charge is 0.0702 e. The van der Waals surface area contributed by atoms with Crippen molar-refractivity contribution in [2.24, 2.45) is 5.11 Å². The summed E-state index contributed by atoms with van der Waals surface area (Å²) in [6, 6.07) is 9.16. The summed E-state index contributed by atoms with van der Waals surface area (Å²) in [7, 11) is 0. The summed E-state index contributed by atoms with van der Waals surface area (Å²) in [5.74, 6) is 0. The number of pyridine rings is 1. The van der Waals surface area contributed by atoms with Gasteiger partial charge in [-0.3, -0.25) is 4.98 Å². The first-order chi connectivity index (χ1) is 6.40. The maximum atomic E-state index is 8.23. The third-order valence-electron chi connectivity index (χ3n) is 1.75. The van der Waals surface area contributed by atoms with E-state index in [1.165, 1.54) is 0 Å². The van der Waals surface area contributed by atoms with Gasteiger partial charge in [-0.2, -0.15) is 0 Å². The van der Waals surface area contributed by atoms with Gasteiger partial charge in [0.15, 0.2) is 0 Å². The monoisotopic (exact) mass is 170 g/mol. The minimum atomic E-state index is 0.614. The van der Waals surface area contributed by atoms with Gasteiger partial charge >= 0.3 is 0 Å². The molecule has 0 aliphatic heterocycles. The molecule has 4 nitrogen and oxygen atoms in total. The van der Waals surface area contributed by atoms with E-state index in [4.69, 9.17) is 5.53 Å². The van der Waals surface area contributed by atoms with Crippen LogP contribution in [0.4, 0.5) is 5.69 Å². The van der Waals surface area contributed by atoms with Crippen molar-refractivity contribution < 1.29 is 0 Å². The van der Waals surface area contributed by atoms with Crippen LogP contribution in [0.2, 0.25) is 0 Å². The lowest BCUT2D eigenvalue weighted by Gasteiger charge is -1.96. The molecule has 0 saturated carbocycles. The number of hydrogen-bond acceptors (Lipinski definition) is 2. The highest BCUT2D eigenvalue weighted by molar-refractivity contribution is 5.81. The highest BCUT2D eigenvalue weighted by Gasteiger charge is 1.93. The highest BCUT2D eigenvalue weighted by atomic mass is 15.1. The van der Waals surface area contributed by atoms with Crippen LogP contribution >= 0.6 is 0 Å². The van der Waals surface area contributed by atoms with Gasteiger partial charge in [0.25, 0.3) is 0 Å². The molecule has 0 spiro atoms. The fourth-order valence-corrected chi connectivity index (χ4v) is 1.18. The molecular formula is C9H6N4. The average molecular weight is 170 g/mol. The Hall–Kier alpha value is -2.06. The Morgan fingerprint density at radius 3 is 3.08 bits per heavy atom. The van der Waals surface area contributed by atoms with E-state index in [0.29, 0.717) is 5.69 Å². The van der Waals surface area contributed by atoms with Crippen molar-refractivity contribution >= 4 is 16.6 Å². The molecule has 1 heterocycles. The Morgan fingerprint density at radius 2 is 2.23 bits per heavy atom. The van der Waals surface area contributed by atoms with E-state index in [2.05, 4.69) is 15.0 Å². The number of azide groups is 1. The van der Waals surface area contributed by atoms with Crippen molar-refractivity contribution in [1.82, 2.24) is 4.98 Å². The van der Waals surface area contributed by atoms with Crippen LogP contribution in [-0.4, -0.2) is 4.98 Å². The van der Waals surface area contributed by atoms with Crippen LogP contribution in [0.5, 0.6) is 0 Å². The minimum absolute atomic E-state index is 0.614. The number of nitrogens with zero attached hydrogens (tertiary/aromatic N) is 4. The third kappa shape index (κ3) is 1.43. The molecule has 62 valence electrons. The Bertz CT molecular complexity index is 486. The molecule has 0 saturated heterocycles. The number of fused-ring (bicyclic) bond motifs is 1. The maximum Gasteiger partial charge on any atom is 0.0702 e. The Labute approximate surface area is 74.5 Å². The summed E-state index contributed by atoms with van der Waals surface area (Å²) in [6.45, 7) is 0. The second-order valence-corrected chi connectivity index (χ2v) is 2.57. The molecule has 2 aromatic rings. The second kappa shape index (κ2) is 3.13. The molecule has 0 aliphatic rings. The Balaban J connectivity index is 2.68. The lowest BCUT2D eigenvalue weighted by atomic mass is 10.2. The molecule has 0 unspecified atom stereocenters.